The number of ether oxygens (including phenoxy) is 3. The number of nitrogens with zero attached hydrogens (tertiary/aromatic N) is 8. The summed E-state index contributed by atoms with van der Waals surface area (Å²) in [7, 11) is -2.63. The van der Waals surface area contributed by atoms with Gasteiger partial charge in [-0.15, -0.1) is 0 Å². The molecule has 0 bridgehead atoms. The Morgan fingerprint density at radius 2 is 1.29 bits per heavy atom. The van der Waals surface area contributed by atoms with E-state index in [1.807, 2.05) is 36.4 Å². The SMILES string of the molecule is Cc1ccc(C(=Nc2ccccc2)N=c2sc3c(n2-c2ccccc2)=NP(N2CCOCC2)(N2CCOCC2)=NC=3N2CCOCC2)cc1. The largest absolute Gasteiger partial charge is 0.379 e. The second kappa shape index (κ2) is 14.6. The van der Waals surface area contributed by atoms with E-state index in [1.54, 1.807) is 11.3 Å². The number of aromatic nitrogens is 1. The number of hydrogen-bond acceptors (Lipinski definition) is 10. The molecular formula is C36H41N8O3PS. The lowest BCUT2D eigenvalue weighted by Gasteiger charge is -2.44. The van der Waals surface area contributed by atoms with Gasteiger partial charge < -0.3 is 19.1 Å². The van der Waals surface area contributed by atoms with Crippen LogP contribution in [0, 0.1) is 6.92 Å². The topological polar surface area (TPSA) is 91.8 Å². The third-order valence-electron chi connectivity index (χ3n) is 9.02. The Labute approximate surface area is 290 Å². The Kier molecular flexibility index (Phi) is 9.69. The molecule has 11 nitrogen and oxygen atoms in total. The first-order valence-electron chi connectivity index (χ1n) is 17.0. The zero-order valence-electron chi connectivity index (χ0n) is 27.7. The first kappa shape index (κ1) is 32.5. The maximum atomic E-state index is 5.86. The summed E-state index contributed by atoms with van der Waals surface area (Å²) in [5.74, 6) is 1.62. The van der Waals surface area contributed by atoms with E-state index in [1.165, 1.54) is 5.56 Å². The summed E-state index contributed by atoms with van der Waals surface area (Å²) in [6, 6.07) is 28.9. The van der Waals surface area contributed by atoms with Crippen molar-refractivity contribution in [2.75, 3.05) is 78.9 Å². The van der Waals surface area contributed by atoms with Crippen LogP contribution in [0.15, 0.2) is 104 Å². The van der Waals surface area contributed by atoms with Crippen molar-refractivity contribution in [1.82, 2.24) is 18.8 Å². The van der Waals surface area contributed by atoms with E-state index < -0.39 is 7.51 Å². The van der Waals surface area contributed by atoms with E-state index in [0.717, 1.165) is 76.8 Å². The third kappa shape index (κ3) is 6.74. The fourth-order valence-electron chi connectivity index (χ4n) is 6.45. The van der Waals surface area contributed by atoms with Crippen molar-refractivity contribution < 1.29 is 14.2 Å². The maximum absolute atomic E-state index is 5.86. The molecule has 0 aliphatic carbocycles. The van der Waals surface area contributed by atoms with Gasteiger partial charge in [0.2, 0.25) is 7.51 Å². The number of aliphatic imine (C=N–C) groups is 1. The molecule has 4 aliphatic heterocycles. The lowest BCUT2D eigenvalue weighted by Crippen LogP contribution is -2.47. The van der Waals surface area contributed by atoms with Crippen LogP contribution in [0.3, 0.4) is 0 Å². The Morgan fingerprint density at radius 1 is 0.714 bits per heavy atom. The fraction of sp³-hybridized carbons (Fsp3) is 0.361. The van der Waals surface area contributed by atoms with Crippen LogP contribution < -0.4 is 14.8 Å². The molecule has 49 heavy (non-hydrogen) atoms. The summed E-state index contributed by atoms with van der Waals surface area (Å²) >= 11 is 1.63. The van der Waals surface area contributed by atoms with Crippen molar-refractivity contribution in [3.63, 3.8) is 0 Å². The van der Waals surface area contributed by atoms with Crippen LogP contribution in [0.4, 0.5) is 5.69 Å². The lowest BCUT2D eigenvalue weighted by atomic mass is 10.1. The number of rotatable bonds is 6. The molecule has 3 aromatic carbocycles. The second-order valence-electron chi connectivity index (χ2n) is 12.2. The summed E-state index contributed by atoms with van der Waals surface area (Å²) in [4.78, 5) is 13.7. The van der Waals surface area contributed by atoms with E-state index in [2.05, 4.69) is 74.3 Å². The van der Waals surface area contributed by atoms with E-state index in [9.17, 15) is 0 Å². The molecule has 0 atom stereocenters. The quantitative estimate of drug-likeness (QED) is 0.171. The lowest BCUT2D eigenvalue weighted by molar-refractivity contribution is 0.0557. The highest BCUT2D eigenvalue weighted by molar-refractivity contribution is 7.60. The molecule has 0 amide bonds. The highest BCUT2D eigenvalue weighted by atomic mass is 32.1. The van der Waals surface area contributed by atoms with Gasteiger partial charge in [0, 0.05) is 50.5 Å². The number of aryl methyl sites for hydroxylation is 1. The molecule has 0 radical (unpaired) electrons. The molecule has 254 valence electrons. The van der Waals surface area contributed by atoms with Crippen LogP contribution in [0.5, 0.6) is 0 Å². The molecule has 4 aliphatic rings. The summed E-state index contributed by atoms with van der Waals surface area (Å²) < 4.78 is 37.4. The number of hydrogen-bond donors (Lipinski definition) is 0. The molecule has 5 heterocycles. The first-order chi connectivity index (χ1) is 24.2. The minimum atomic E-state index is -2.63. The Balaban J connectivity index is 1.44. The second-order valence-corrected chi connectivity index (χ2v) is 15.8. The van der Waals surface area contributed by atoms with Crippen LogP contribution in [-0.4, -0.2) is 104 Å². The number of benzene rings is 3. The standard InChI is InChI=1S/C36H41N8O3PS/c1-28-12-14-29(15-13-28)33(37-30-8-4-2-5-9-30)38-36-44(31-10-6-3-7-11-31)35-32(49-36)34(41-16-22-45-23-17-41)39-48(40-35,42-18-24-46-25-19-42)43-20-26-47-27-21-43/h2-15H,16-27H2,1H3. The highest BCUT2D eigenvalue weighted by Crippen LogP contribution is 2.59. The number of para-hydroxylation sites is 2. The highest BCUT2D eigenvalue weighted by Gasteiger charge is 2.40. The van der Waals surface area contributed by atoms with E-state index >= 15 is 0 Å². The number of amidine groups is 1. The van der Waals surface area contributed by atoms with Gasteiger partial charge in [-0.3, -0.25) is 4.57 Å². The molecule has 0 spiro atoms. The zero-order valence-corrected chi connectivity index (χ0v) is 29.4. The van der Waals surface area contributed by atoms with Gasteiger partial charge in [0.1, 0.15) is 4.53 Å². The van der Waals surface area contributed by atoms with Crippen LogP contribution in [0.2, 0.25) is 0 Å². The summed E-state index contributed by atoms with van der Waals surface area (Å²) in [5.41, 5.74) is 4.86. The third-order valence-corrected chi connectivity index (χ3v) is 13.3. The van der Waals surface area contributed by atoms with E-state index in [0.29, 0.717) is 45.5 Å². The number of fused-ring (bicyclic) bond motifs is 1. The van der Waals surface area contributed by atoms with Gasteiger partial charge in [-0.05, 0) is 31.2 Å². The van der Waals surface area contributed by atoms with Crippen LogP contribution in [0.25, 0.3) is 11.5 Å². The molecular weight excluding hydrogens is 655 g/mol. The van der Waals surface area contributed by atoms with Gasteiger partial charge in [0.05, 0.1) is 45.3 Å². The van der Waals surface area contributed by atoms with Crippen molar-refractivity contribution in [1.29, 1.82) is 0 Å². The average Bonchev–Trinajstić information content (AvgIpc) is 3.53. The monoisotopic (exact) mass is 696 g/mol. The molecule has 1 aromatic heterocycles. The molecule has 0 saturated carbocycles. The Morgan fingerprint density at radius 3 is 1.90 bits per heavy atom. The van der Waals surface area contributed by atoms with Crippen molar-refractivity contribution in [2.45, 2.75) is 6.92 Å². The van der Waals surface area contributed by atoms with Gasteiger partial charge in [-0.25, -0.2) is 19.3 Å². The molecule has 3 fully saturated rings. The summed E-state index contributed by atoms with van der Waals surface area (Å²) in [6.07, 6.45) is 0. The van der Waals surface area contributed by atoms with Gasteiger partial charge in [0.15, 0.2) is 21.9 Å². The zero-order chi connectivity index (χ0) is 33.0. The smallest absolute Gasteiger partial charge is 0.220 e. The predicted molar refractivity (Wildman–Crippen MR) is 194 cm³/mol. The van der Waals surface area contributed by atoms with Gasteiger partial charge >= 0.3 is 0 Å². The fourth-order valence-corrected chi connectivity index (χ4v) is 10.9. The van der Waals surface area contributed by atoms with Crippen molar-refractivity contribution >= 4 is 36.2 Å². The first-order valence-corrected chi connectivity index (χ1v) is 19.4. The van der Waals surface area contributed by atoms with Gasteiger partial charge in [0.25, 0.3) is 0 Å². The normalized spacial score (nSPS) is 20.8. The van der Waals surface area contributed by atoms with Crippen molar-refractivity contribution in [2.24, 2.45) is 19.5 Å². The summed E-state index contributed by atoms with van der Waals surface area (Å²) in [6.45, 7) is 10.7. The molecule has 4 aromatic rings. The molecule has 3 saturated heterocycles. The van der Waals surface area contributed by atoms with E-state index in [-0.39, 0.29) is 0 Å². The Bertz CT molecular complexity index is 2020. The molecule has 13 heteroatoms. The number of thiazole rings is 1. The maximum Gasteiger partial charge on any atom is 0.220 e. The molecule has 0 N–H and O–H groups in total. The minimum Gasteiger partial charge on any atom is -0.379 e. The Hall–Kier alpha value is -3.74. The van der Waals surface area contributed by atoms with Gasteiger partial charge in [-0.2, -0.15) is 9.51 Å². The van der Waals surface area contributed by atoms with Crippen LogP contribution in [-0.2, 0) is 14.2 Å². The van der Waals surface area contributed by atoms with Crippen molar-refractivity contribution in [3.05, 3.63) is 111 Å². The summed E-state index contributed by atoms with van der Waals surface area (Å²) in [5, 5.41) is 0. The van der Waals surface area contributed by atoms with Gasteiger partial charge in [-0.1, -0.05) is 77.6 Å². The molecule has 8 rings (SSSR count). The van der Waals surface area contributed by atoms with Crippen LogP contribution >= 0.6 is 18.8 Å². The van der Waals surface area contributed by atoms with Crippen LogP contribution in [0.1, 0.15) is 11.1 Å². The minimum absolute atomic E-state index is 0.641. The predicted octanol–water partition coefficient (Wildman–Crippen LogP) is 4.17. The average molecular weight is 697 g/mol. The van der Waals surface area contributed by atoms with E-state index in [4.69, 9.17) is 33.7 Å². The molecule has 0 unspecified atom stereocenters. The van der Waals surface area contributed by atoms with Crippen molar-refractivity contribution in [3.8, 4) is 5.69 Å². The number of morpholine rings is 3.